The molecule has 0 aliphatic carbocycles. The minimum atomic E-state index is 0.0590. The summed E-state index contributed by atoms with van der Waals surface area (Å²) in [4.78, 5) is 4.07. The molecule has 1 atom stereocenters. The van der Waals surface area contributed by atoms with Crippen molar-refractivity contribution in [3.8, 4) is 0 Å². The first-order valence-electron chi connectivity index (χ1n) is 3.44. The molecule has 56 valence electrons. The van der Waals surface area contributed by atoms with Crippen LogP contribution < -0.4 is 0 Å². The lowest BCUT2D eigenvalue weighted by atomic mass is 10.2. The molecule has 1 aliphatic heterocycles. The number of hydrogen-bond donors (Lipinski definition) is 1. The predicted octanol–water partition coefficient (Wildman–Crippen LogP) is 1.40. The Morgan fingerprint density at radius 1 is 1.80 bits per heavy atom. The van der Waals surface area contributed by atoms with Crippen molar-refractivity contribution in [3.63, 3.8) is 0 Å². The number of hydroxylamine groups is 2. The molecule has 3 nitrogen and oxygen atoms in total. The molecule has 0 spiro atoms. The van der Waals surface area contributed by atoms with Gasteiger partial charge in [-0.25, -0.2) is 0 Å². The molecule has 1 N–H and O–H groups in total. The molecule has 0 fully saturated rings. The second-order valence-electron chi connectivity index (χ2n) is 2.40. The van der Waals surface area contributed by atoms with Gasteiger partial charge in [0.25, 0.3) is 0 Å². The van der Waals surface area contributed by atoms with E-state index in [4.69, 9.17) is 0 Å². The van der Waals surface area contributed by atoms with Crippen molar-refractivity contribution < 1.29 is 5.21 Å². The number of nitrogens with zero attached hydrogens (tertiary/aromatic N) is 2. The highest BCUT2D eigenvalue weighted by Gasteiger charge is 2.11. The van der Waals surface area contributed by atoms with E-state index in [0.717, 1.165) is 12.1 Å². The summed E-state index contributed by atoms with van der Waals surface area (Å²) in [5.74, 6) is 0. The summed E-state index contributed by atoms with van der Waals surface area (Å²) in [6, 6.07) is 0.0590. The average Bonchev–Trinajstić information content (AvgIpc) is 1.88. The minimum Gasteiger partial charge on any atom is -0.288 e. The van der Waals surface area contributed by atoms with Gasteiger partial charge in [0, 0.05) is 12.4 Å². The van der Waals surface area contributed by atoms with Gasteiger partial charge in [-0.2, -0.15) is 0 Å². The Morgan fingerprint density at radius 2 is 2.50 bits per heavy atom. The molecule has 0 aromatic carbocycles. The predicted molar refractivity (Wildman–Crippen MR) is 40.0 cm³/mol. The SMILES string of the molecule is CCC1C=NC(C)=CN1O. The lowest BCUT2D eigenvalue weighted by Crippen LogP contribution is -2.30. The Labute approximate surface area is 60.6 Å². The molecule has 10 heavy (non-hydrogen) atoms. The van der Waals surface area contributed by atoms with Crippen LogP contribution in [0.1, 0.15) is 20.3 Å². The Morgan fingerprint density at radius 3 is 3.00 bits per heavy atom. The van der Waals surface area contributed by atoms with E-state index < -0.39 is 0 Å². The van der Waals surface area contributed by atoms with E-state index in [9.17, 15) is 5.21 Å². The van der Waals surface area contributed by atoms with Crippen molar-refractivity contribution >= 4 is 6.21 Å². The fourth-order valence-corrected chi connectivity index (χ4v) is 0.885. The summed E-state index contributed by atoms with van der Waals surface area (Å²) < 4.78 is 0. The molecule has 0 radical (unpaired) electrons. The first-order chi connectivity index (χ1) is 4.74. The van der Waals surface area contributed by atoms with Crippen LogP contribution in [0.5, 0.6) is 0 Å². The first-order valence-corrected chi connectivity index (χ1v) is 3.44. The van der Waals surface area contributed by atoms with Gasteiger partial charge in [-0.15, -0.1) is 0 Å². The zero-order valence-electron chi connectivity index (χ0n) is 6.28. The van der Waals surface area contributed by atoms with Gasteiger partial charge < -0.3 is 0 Å². The van der Waals surface area contributed by atoms with Crippen LogP contribution in [0.3, 0.4) is 0 Å². The first kappa shape index (κ1) is 7.28. The molecule has 1 unspecified atom stereocenters. The van der Waals surface area contributed by atoms with Gasteiger partial charge in [0.15, 0.2) is 0 Å². The highest BCUT2D eigenvalue weighted by Crippen LogP contribution is 2.08. The average molecular weight is 140 g/mol. The van der Waals surface area contributed by atoms with Crippen molar-refractivity contribution in [2.75, 3.05) is 0 Å². The summed E-state index contributed by atoms with van der Waals surface area (Å²) in [5.41, 5.74) is 0.840. The lowest BCUT2D eigenvalue weighted by molar-refractivity contribution is -0.0601. The zero-order valence-corrected chi connectivity index (χ0v) is 6.28. The number of aliphatic imine (C=N–C) groups is 1. The minimum absolute atomic E-state index is 0.0590. The topological polar surface area (TPSA) is 35.8 Å². The molecule has 0 aromatic rings. The summed E-state index contributed by atoms with van der Waals surface area (Å²) in [6.45, 7) is 3.86. The normalized spacial score (nSPS) is 24.9. The van der Waals surface area contributed by atoms with Crippen molar-refractivity contribution in [2.24, 2.45) is 4.99 Å². The monoisotopic (exact) mass is 140 g/mol. The van der Waals surface area contributed by atoms with Gasteiger partial charge >= 0.3 is 0 Å². The van der Waals surface area contributed by atoms with Gasteiger partial charge in [0.1, 0.15) is 0 Å². The molecule has 3 heteroatoms. The molecule has 0 aromatic heterocycles. The van der Waals surface area contributed by atoms with Crippen LogP contribution in [0.4, 0.5) is 0 Å². The largest absolute Gasteiger partial charge is 0.288 e. The van der Waals surface area contributed by atoms with Crippen molar-refractivity contribution in [1.29, 1.82) is 0 Å². The van der Waals surface area contributed by atoms with E-state index >= 15 is 0 Å². The van der Waals surface area contributed by atoms with Gasteiger partial charge in [-0.05, 0) is 13.3 Å². The molecule has 0 saturated heterocycles. The fraction of sp³-hybridized carbons (Fsp3) is 0.571. The Bertz CT molecular complexity index is 174. The van der Waals surface area contributed by atoms with Crippen molar-refractivity contribution in [1.82, 2.24) is 5.06 Å². The van der Waals surface area contributed by atoms with Gasteiger partial charge in [0.2, 0.25) is 0 Å². The van der Waals surface area contributed by atoms with Gasteiger partial charge in [-0.3, -0.25) is 15.3 Å². The zero-order chi connectivity index (χ0) is 7.56. The van der Waals surface area contributed by atoms with Crippen LogP contribution in [0.2, 0.25) is 0 Å². The van der Waals surface area contributed by atoms with E-state index in [-0.39, 0.29) is 6.04 Å². The Balaban J connectivity index is 2.64. The number of hydrogen-bond acceptors (Lipinski definition) is 3. The standard InChI is InChI=1S/C7H12N2O/c1-3-7-4-8-6(2)5-9(7)10/h4-5,7,10H,3H2,1-2H3. The van der Waals surface area contributed by atoms with Crippen LogP contribution in [-0.2, 0) is 0 Å². The van der Waals surface area contributed by atoms with E-state index in [1.54, 1.807) is 12.4 Å². The van der Waals surface area contributed by atoms with Crippen molar-refractivity contribution in [3.05, 3.63) is 11.9 Å². The quantitative estimate of drug-likeness (QED) is 0.597. The summed E-state index contributed by atoms with van der Waals surface area (Å²) >= 11 is 0. The third-order valence-electron chi connectivity index (χ3n) is 1.53. The van der Waals surface area contributed by atoms with E-state index in [1.165, 1.54) is 5.06 Å². The van der Waals surface area contributed by atoms with E-state index in [0.29, 0.717) is 0 Å². The molecule has 1 rings (SSSR count). The summed E-state index contributed by atoms with van der Waals surface area (Å²) in [7, 11) is 0. The number of allylic oxidation sites excluding steroid dienone is 1. The third kappa shape index (κ3) is 1.36. The van der Waals surface area contributed by atoms with E-state index in [2.05, 4.69) is 4.99 Å². The maximum Gasteiger partial charge on any atom is 0.0905 e. The van der Waals surface area contributed by atoms with Crippen LogP contribution in [0, 0.1) is 0 Å². The third-order valence-corrected chi connectivity index (χ3v) is 1.53. The van der Waals surface area contributed by atoms with Crippen LogP contribution in [-0.4, -0.2) is 22.5 Å². The Kier molecular flexibility index (Phi) is 2.06. The number of rotatable bonds is 1. The van der Waals surface area contributed by atoms with Crippen molar-refractivity contribution in [2.45, 2.75) is 26.3 Å². The Hall–Kier alpha value is -0.830. The van der Waals surface area contributed by atoms with Crippen LogP contribution >= 0.6 is 0 Å². The summed E-state index contributed by atoms with van der Waals surface area (Å²) in [5, 5.41) is 10.4. The summed E-state index contributed by atoms with van der Waals surface area (Å²) in [6.07, 6.45) is 4.27. The molecule has 1 aliphatic rings. The smallest absolute Gasteiger partial charge is 0.0905 e. The van der Waals surface area contributed by atoms with Crippen LogP contribution in [0.15, 0.2) is 16.9 Å². The van der Waals surface area contributed by atoms with Crippen LogP contribution in [0.25, 0.3) is 0 Å². The van der Waals surface area contributed by atoms with E-state index in [1.807, 2.05) is 13.8 Å². The maximum absolute atomic E-state index is 9.21. The molecular formula is C7H12N2O. The highest BCUT2D eigenvalue weighted by molar-refractivity contribution is 5.66. The molecule has 1 heterocycles. The van der Waals surface area contributed by atoms with Gasteiger partial charge in [-0.1, -0.05) is 6.92 Å². The fourth-order valence-electron chi connectivity index (χ4n) is 0.885. The molecule has 0 saturated carbocycles. The molecule has 0 amide bonds. The van der Waals surface area contributed by atoms with Gasteiger partial charge in [0.05, 0.1) is 11.7 Å². The second kappa shape index (κ2) is 2.84. The highest BCUT2D eigenvalue weighted by atomic mass is 16.5. The maximum atomic E-state index is 9.21. The second-order valence-corrected chi connectivity index (χ2v) is 2.40. The molecule has 0 bridgehead atoms. The lowest BCUT2D eigenvalue weighted by Gasteiger charge is -2.22. The molecular weight excluding hydrogens is 128 g/mol.